The van der Waals surface area contributed by atoms with E-state index in [9.17, 15) is 13.6 Å². The molecule has 0 unspecified atom stereocenters. The summed E-state index contributed by atoms with van der Waals surface area (Å²) in [6, 6.07) is 1.38. The van der Waals surface area contributed by atoms with Crippen LogP contribution in [-0.2, 0) is 6.54 Å². The normalized spacial score (nSPS) is 20.1. The minimum absolute atomic E-state index is 0.00227. The van der Waals surface area contributed by atoms with E-state index in [0.717, 1.165) is 43.3 Å². The van der Waals surface area contributed by atoms with Crippen LogP contribution in [0.3, 0.4) is 0 Å². The highest BCUT2D eigenvalue weighted by Gasteiger charge is 2.32. The summed E-state index contributed by atoms with van der Waals surface area (Å²) in [6.45, 7) is 8.84. The minimum Gasteiger partial charge on any atom is -0.348 e. The Labute approximate surface area is 185 Å². The van der Waals surface area contributed by atoms with E-state index in [-0.39, 0.29) is 18.1 Å². The topological polar surface area (TPSA) is 61.4 Å². The Morgan fingerprint density at radius 1 is 1.23 bits per heavy atom. The lowest BCUT2D eigenvalue weighted by atomic mass is 9.83. The first kappa shape index (κ1) is 22.1. The Bertz CT molecular complexity index is 926. The monoisotopic (exact) mass is 449 g/mol. The number of carbonyl (C=O) groups is 1. The zero-order chi connectivity index (χ0) is 22.0. The summed E-state index contributed by atoms with van der Waals surface area (Å²) in [4.78, 5) is 25.9. The maximum absolute atomic E-state index is 13.7. The molecule has 2 aromatic heterocycles. The van der Waals surface area contributed by atoms with Crippen molar-refractivity contribution in [3.63, 3.8) is 0 Å². The van der Waals surface area contributed by atoms with Gasteiger partial charge in [0.2, 0.25) is 0 Å². The summed E-state index contributed by atoms with van der Waals surface area (Å²) in [5, 5.41) is 3.47. The van der Waals surface area contributed by atoms with Crippen LogP contribution in [0.2, 0.25) is 0 Å². The third-order valence-electron chi connectivity index (χ3n) is 6.20. The number of amides is 1. The number of likely N-dealkylation sites (tertiary alicyclic amines) is 1. The van der Waals surface area contributed by atoms with Gasteiger partial charge in [-0.2, -0.15) is 0 Å². The number of pyridine rings is 1. The van der Waals surface area contributed by atoms with Crippen LogP contribution >= 0.6 is 11.3 Å². The fourth-order valence-corrected chi connectivity index (χ4v) is 5.43. The molecule has 31 heavy (non-hydrogen) atoms. The lowest BCUT2D eigenvalue weighted by Gasteiger charge is -2.45. The molecule has 2 aromatic rings. The average molecular weight is 450 g/mol. The number of thiazole rings is 1. The molecule has 1 amide bonds. The van der Waals surface area contributed by atoms with E-state index in [0.29, 0.717) is 16.3 Å². The third-order valence-corrected chi connectivity index (χ3v) is 7.26. The van der Waals surface area contributed by atoms with Gasteiger partial charge in [-0.05, 0) is 37.6 Å². The first-order valence-electron chi connectivity index (χ1n) is 10.8. The van der Waals surface area contributed by atoms with Gasteiger partial charge in [0.05, 0.1) is 24.6 Å². The average Bonchev–Trinajstić information content (AvgIpc) is 3.23. The number of aromatic nitrogens is 2. The van der Waals surface area contributed by atoms with Crippen LogP contribution < -0.4 is 10.2 Å². The maximum atomic E-state index is 13.7. The van der Waals surface area contributed by atoms with Gasteiger partial charge in [-0.3, -0.25) is 14.7 Å². The first-order chi connectivity index (χ1) is 14.8. The van der Waals surface area contributed by atoms with Crippen molar-refractivity contribution in [2.24, 2.45) is 5.41 Å². The van der Waals surface area contributed by atoms with Gasteiger partial charge in [0.25, 0.3) is 5.91 Å². The lowest BCUT2D eigenvalue weighted by Crippen LogP contribution is -2.50. The number of hydrogen-bond acceptors (Lipinski definition) is 6. The van der Waals surface area contributed by atoms with E-state index in [1.54, 1.807) is 6.20 Å². The van der Waals surface area contributed by atoms with Gasteiger partial charge in [-0.15, -0.1) is 0 Å². The van der Waals surface area contributed by atoms with Gasteiger partial charge in [-0.25, -0.2) is 13.8 Å². The largest absolute Gasteiger partial charge is 0.348 e. The molecule has 0 atom stereocenters. The Hall–Kier alpha value is -2.13. The van der Waals surface area contributed by atoms with Crippen molar-refractivity contribution in [3.05, 3.63) is 40.7 Å². The molecule has 0 radical (unpaired) electrons. The molecule has 0 saturated carbocycles. The highest BCUT2D eigenvalue weighted by Crippen LogP contribution is 2.33. The maximum Gasteiger partial charge on any atom is 0.263 e. The molecule has 2 aliphatic heterocycles. The fourth-order valence-electron chi connectivity index (χ4n) is 4.54. The number of nitrogens with zero attached hydrogens (tertiary/aromatic N) is 4. The Balaban J connectivity index is 1.29. The smallest absolute Gasteiger partial charge is 0.263 e. The van der Waals surface area contributed by atoms with E-state index in [1.807, 2.05) is 0 Å². The molecule has 4 rings (SSSR count). The fraction of sp³-hybridized carbons (Fsp3) is 0.591. The Morgan fingerprint density at radius 2 is 2.00 bits per heavy atom. The SMILES string of the molecule is CC1(C)CCCN(C2CCN(c3ncc(C(=O)NCc4ncc(F)cc4F)s3)CC2)C1. The Kier molecular flexibility index (Phi) is 6.52. The van der Waals surface area contributed by atoms with Gasteiger partial charge < -0.3 is 10.2 Å². The van der Waals surface area contributed by atoms with Crippen molar-refractivity contribution in [1.29, 1.82) is 0 Å². The molecule has 4 heterocycles. The molecular formula is C22H29F2N5OS. The summed E-state index contributed by atoms with van der Waals surface area (Å²) in [5.41, 5.74) is 0.404. The molecule has 9 heteroatoms. The molecule has 168 valence electrons. The predicted molar refractivity (Wildman–Crippen MR) is 117 cm³/mol. The number of hydrogen-bond donors (Lipinski definition) is 1. The van der Waals surface area contributed by atoms with Crippen LogP contribution in [0.5, 0.6) is 0 Å². The number of rotatable bonds is 5. The summed E-state index contributed by atoms with van der Waals surface area (Å²) in [7, 11) is 0. The van der Waals surface area contributed by atoms with Crippen molar-refractivity contribution in [1.82, 2.24) is 20.2 Å². The second kappa shape index (κ2) is 9.16. The summed E-state index contributed by atoms with van der Waals surface area (Å²) >= 11 is 1.34. The quantitative estimate of drug-likeness (QED) is 0.752. The number of carbonyl (C=O) groups excluding carboxylic acids is 1. The van der Waals surface area contributed by atoms with E-state index < -0.39 is 11.6 Å². The number of halogens is 2. The second-order valence-electron chi connectivity index (χ2n) is 9.23. The van der Waals surface area contributed by atoms with Gasteiger partial charge >= 0.3 is 0 Å². The molecule has 2 saturated heterocycles. The van der Waals surface area contributed by atoms with E-state index >= 15 is 0 Å². The van der Waals surface area contributed by atoms with Gasteiger partial charge in [-0.1, -0.05) is 25.2 Å². The molecule has 0 bridgehead atoms. The third kappa shape index (κ3) is 5.38. The highest BCUT2D eigenvalue weighted by molar-refractivity contribution is 7.17. The van der Waals surface area contributed by atoms with Crippen molar-refractivity contribution < 1.29 is 13.6 Å². The van der Waals surface area contributed by atoms with Crippen molar-refractivity contribution in [2.45, 2.75) is 52.1 Å². The van der Waals surface area contributed by atoms with Gasteiger partial charge in [0, 0.05) is 31.7 Å². The molecule has 2 fully saturated rings. The molecule has 1 N–H and O–H groups in total. The van der Waals surface area contributed by atoms with Crippen LogP contribution in [0.1, 0.15) is 54.9 Å². The molecule has 0 spiro atoms. The Morgan fingerprint density at radius 3 is 2.71 bits per heavy atom. The first-order valence-corrected chi connectivity index (χ1v) is 11.7. The van der Waals surface area contributed by atoms with E-state index in [4.69, 9.17) is 0 Å². The van der Waals surface area contributed by atoms with Gasteiger partial charge in [0.15, 0.2) is 5.13 Å². The van der Waals surface area contributed by atoms with Crippen molar-refractivity contribution in [3.8, 4) is 0 Å². The molecule has 0 aliphatic carbocycles. The van der Waals surface area contributed by atoms with Crippen molar-refractivity contribution in [2.75, 3.05) is 31.1 Å². The summed E-state index contributed by atoms with van der Waals surface area (Å²) < 4.78 is 26.6. The number of nitrogens with one attached hydrogen (secondary N) is 1. The standard InChI is InChI=1S/C22H29F2N5OS/c1-22(2)6-3-7-29(14-22)16-4-8-28(9-5-16)21-27-13-19(31-21)20(30)26-12-18-17(24)10-15(23)11-25-18/h10-11,13,16H,3-9,12,14H2,1-2H3,(H,26,30). The predicted octanol–water partition coefficient (Wildman–Crippen LogP) is 3.84. The van der Waals surface area contributed by atoms with Crippen LogP contribution in [0.15, 0.2) is 18.5 Å². The molecular weight excluding hydrogens is 420 g/mol. The van der Waals surface area contributed by atoms with Crippen LogP contribution in [0.4, 0.5) is 13.9 Å². The van der Waals surface area contributed by atoms with E-state index in [2.05, 4.69) is 38.9 Å². The molecule has 6 nitrogen and oxygen atoms in total. The molecule has 2 aliphatic rings. The number of piperidine rings is 2. The van der Waals surface area contributed by atoms with Gasteiger partial charge in [0.1, 0.15) is 16.5 Å². The minimum atomic E-state index is -0.773. The number of anilines is 1. The van der Waals surface area contributed by atoms with Crippen LogP contribution in [-0.4, -0.2) is 53.0 Å². The van der Waals surface area contributed by atoms with Crippen LogP contribution in [0.25, 0.3) is 0 Å². The zero-order valence-electron chi connectivity index (χ0n) is 18.0. The van der Waals surface area contributed by atoms with Crippen LogP contribution in [0, 0.1) is 17.0 Å². The second-order valence-corrected chi connectivity index (χ2v) is 10.2. The zero-order valence-corrected chi connectivity index (χ0v) is 18.9. The lowest BCUT2D eigenvalue weighted by molar-refractivity contribution is 0.0673. The summed E-state index contributed by atoms with van der Waals surface area (Å²) in [5.74, 6) is -1.85. The van der Waals surface area contributed by atoms with E-state index in [1.165, 1.54) is 37.3 Å². The highest BCUT2D eigenvalue weighted by atomic mass is 32.1. The molecule has 0 aromatic carbocycles. The summed E-state index contributed by atoms with van der Waals surface area (Å²) in [6.07, 6.45) is 7.28. The van der Waals surface area contributed by atoms with Crippen molar-refractivity contribution >= 4 is 22.4 Å².